The number of hydrogen-bond donors (Lipinski definition) is 0. The molecule has 6 heteroatoms. The molecule has 88 valence electrons. The van der Waals surface area contributed by atoms with Crippen LogP contribution in [0.1, 0.15) is 5.69 Å². The maximum atomic E-state index is 5.94. The summed E-state index contributed by atoms with van der Waals surface area (Å²) in [7, 11) is 1.60. The molecular formula is C11H9BrClN3O. The summed E-state index contributed by atoms with van der Waals surface area (Å²) >= 11 is 9.34. The van der Waals surface area contributed by atoms with Gasteiger partial charge in [0, 0.05) is 17.8 Å². The minimum Gasteiger partial charge on any atom is -0.378 e. The summed E-state index contributed by atoms with van der Waals surface area (Å²) in [5.41, 5.74) is 1.38. The van der Waals surface area contributed by atoms with E-state index in [0.29, 0.717) is 23.3 Å². The van der Waals surface area contributed by atoms with Gasteiger partial charge in [0.25, 0.3) is 0 Å². The molecular weight excluding hydrogens is 305 g/mol. The highest BCUT2D eigenvalue weighted by Crippen LogP contribution is 2.24. The minimum absolute atomic E-state index is 0.375. The largest absolute Gasteiger partial charge is 0.378 e. The highest BCUT2D eigenvalue weighted by molar-refractivity contribution is 9.10. The van der Waals surface area contributed by atoms with Crippen molar-refractivity contribution in [1.82, 2.24) is 15.0 Å². The van der Waals surface area contributed by atoms with Crippen molar-refractivity contribution >= 4 is 27.5 Å². The number of nitrogens with zero attached hydrogens (tertiary/aromatic N) is 3. The molecule has 0 aromatic carbocycles. The summed E-state index contributed by atoms with van der Waals surface area (Å²) in [4.78, 5) is 12.7. The number of aromatic nitrogens is 3. The van der Waals surface area contributed by atoms with Gasteiger partial charge >= 0.3 is 0 Å². The number of methoxy groups -OCH3 is 1. The van der Waals surface area contributed by atoms with Gasteiger partial charge in [-0.3, -0.25) is 4.98 Å². The Bertz CT molecular complexity index is 536. The van der Waals surface area contributed by atoms with Gasteiger partial charge in [0.2, 0.25) is 0 Å². The first-order valence-electron chi connectivity index (χ1n) is 4.84. The predicted octanol–water partition coefficient (Wildman–Crippen LogP) is 3.10. The number of pyridine rings is 1. The number of rotatable bonds is 3. The molecule has 2 aromatic heterocycles. The molecule has 2 heterocycles. The van der Waals surface area contributed by atoms with Crippen LogP contribution in [0.4, 0.5) is 0 Å². The Hall–Kier alpha value is -1.04. The van der Waals surface area contributed by atoms with Crippen LogP contribution in [0.3, 0.4) is 0 Å². The average Bonchev–Trinajstić information content (AvgIpc) is 2.29. The molecule has 0 aliphatic heterocycles. The lowest BCUT2D eigenvalue weighted by atomic mass is 10.3. The van der Waals surface area contributed by atoms with Gasteiger partial charge in [-0.25, -0.2) is 9.97 Å². The van der Waals surface area contributed by atoms with Gasteiger partial charge in [-0.05, 0) is 34.1 Å². The number of ether oxygens (including phenoxy) is 1. The molecule has 0 amide bonds. The first-order valence-corrected chi connectivity index (χ1v) is 6.01. The van der Waals surface area contributed by atoms with Crippen molar-refractivity contribution in [3.63, 3.8) is 0 Å². The zero-order valence-electron chi connectivity index (χ0n) is 9.02. The fraction of sp³-hybridized carbons (Fsp3) is 0.182. The Labute approximate surface area is 112 Å². The molecule has 0 radical (unpaired) electrons. The summed E-state index contributed by atoms with van der Waals surface area (Å²) in [6.45, 7) is 0.389. The molecule has 17 heavy (non-hydrogen) atoms. The molecule has 0 spiro atoms. The molecule has 0 aliphatic rings. The molecule has 2 aromatic rings. The third-order valence-corrected chi connectivity index (χ3v) is 2.84. The number of hydrogen-bond acceptors (Lipinski definition) is 4. The van der Waals surface area contributed by atoms with Crippen molar-refractivity contribution in [1.29, 1.82) is 0 Å². The van der Waals surface area contributed by atoms with Crippen molar-refractivity contribution in [2.75, 3.05) is 7.11 Å². The second-order valence-electron chi connectivity index (χ2n) is 3.27. The molecule has 0 N–H and O–H groups in total. The summed E-state index contributed by atoms with van der Waals surface area (Å²) in [6.07, 6.45) is 1.68. The van der Waals surface area contributed by atoms with Crippen molar-refractivity contribution < 1.29 is 4.74 Å². The van der Waals surface area contributed by atoms with E-state index in [2.05, 4.69) is 30.9 Å². The van der Waals surface area contributed by atoms with Crippen molar-refractivity contribution in [3.05, 3.63) is 39.7 Å². The molecule has 4 nitrogen and oxygen atoms in total. The minimum atomic E-state index is 0.375. The van der Waals surface area contributed by atoms with Crippen LogP contribution in [-0.4, -0.2) is 22.1 Å². The maximum Gasteiger partial charge on any atom is 0.181 e. The summed E-state index contributed by atoms with van der Waals surface area (Å²) in [5.74, 6) is 0.483. The lowest BCUT2D eigenvalue weighted by Crippen LogP contribution is -1.99. The van der Waals surface area contributed by atoms with E-state index in [4.69, 9.17) is 16.3 Å². The molecule has 2 rings (SSSR count). The van der Waals surface area contributed by atoms with E-state index in [1.165, 1.54) is 0 Å². The molecule has 0 bridgehead atoms. The van der Waals surface area contributed by atoms with Crippen molar-refractivity contribution in [2.24, 2.45) is 0 Å². The Kier molecular flexibility index (Phi) is 4.04. The Morgan fingerprint density at radius 2 is 2.24 bits per heavy atom. The standard InChI is InChI=1S/C11H9BrClN3O/c1-17-6-7-5-9(13)16-11(15-7)10-8(12)3-2-4-14-10/h2-5H,6H2,1H3. The van der Waals surface area contributed by atoms with Gasteiger partial charge < -0.3 is 4.74 Å². The van der Waals surface area contributed by atoms with Gasteiger partial charge in [-0.1, -0.05) is 11.6 Å². The van der Waals surface area contributed by atoms with Gasteiger partial charge in [-0.2, -0.15) is 0 Å². The fourth-order valence-corrected chi connectivity index (χ4v) is 1.98. The monoisotopic (exact) mass is 313 g/mol. The SMILES string of the molecule is COCc1cc(Cl)nc(-c2ncccc2Br)n1. The van der Waals surface area contributed by atoms with Crippen LogP contribution in [0.25, 0.3) is 11.5 Å². The predicted molar refractivity (Wildman–Crippen MR) is 68.7 cm³/mol. The van der Waals surface area contributed by atoms with E-state index in [-0.39, 0.29) is 0 Å². The molecule has 0 unspecified atom stereocenters. The van der Waals surface area contributed by atoms with Crippen LogP contribution in [-0.2, 0) is 11.3 Å². The first-order chi connectivity index (χ1) is 8.20. The molecule has 0 saturated heterocycles. The van der Waals surface area contributed by atoms with E-state index in [9.17, 15) is 0 Å². The Morgan fingerprint density at radius 3 is 2.94 bits per heavy atom. The van der Waals surface area contributed by atoms with Crippen LogP contribution >= 0.6 is 27.5 Å². The highest BCUT2D eigenvalue weighted by atomic mass is 79.9. The van der Waals surface area contributed by atoms with Gasteiger partial charge in [-0.15, -0.1) is 0 Å². The summed E-state index contributed by atoms with van der Waals surface area (Å²) < 4.78 is 5.85. The second kappa shape index (κ2) is 5.53. The van der Waals surface area contributed by atoms with Crippen LogP contribution < -0.4 is 0 Å². The Morgan fingerprint density at radius 1 is 1.41 bits per heavy atom. The zero-order chi connectivity index (χ0) is 12.3. The van der Waals surface area contributed by atoms with Crippen LogP contribution in [0, 0.1) is 0 Å². The van der Waals surface area contributed by atoms with E-state index in [0.717, 1.165) is 10.2 Å². The van der Waals surface area contributed by atoms with Gasteiger partial charge in [0.05, 0.1) is 12.3 Å². The lowest BCUT2D eigenvalue weighted by molar-refractivity contribution is 0.181. The molecule has 0 atom stereocenters. The molecule has 0 saturated carbocycles. The van der Waals surface area contributed by atoms with E-state index in [1.54, 1.807) is 19.4 Å². The number of halogens is 2. The third-order valence-electron chi connectivity index (χ3n) is 2.01. The van der Waals surface area contributed by atoms with E-state index >= 15 is 0 Å². The summed E-state index contributed by atoms with van der Waals surface area (Å²) in [6, 6.07) is 5.38. The maximum absolute atomic E-state index is 5.94. The summed E-state index contributed by atoms with van der Waals surface area (Å²) in [5, 5.41) is 0.375. The second-order valence-corrected chi connectivity index (χ2v) is 4.51. The quantitative estimate of drug-likeness (QED) is 0.817. The van der Waals surface area contributed by atoms with E-state index in [1.807, 2.05) is 12.1 Å². The third kappa shape index (κ3) is 3.00. The van der Waals surface area contributed by atoms with Crippen LogP contribution in [0.2, 0.25) is 5.15 Å². The topological polar surface area (TPSA) is 47.9 Å². The lowest BCUT2D eigenvalue weighted by Gasteiger charge is -2.05. The van der Waals surface area contributed by atoms with Crippen LogP contribution in [0.5, 0.6) is 0 Å². The highest BCUT2D eigenvalue weighted by Gasteiger charge is 2.10. The molecule has 0 aliphatic carbocycles. The van der Waals surface area contributed by atoms with Crippen LogP contribution in [0.15, 0.2) is 28.9 Å². The Balaban J connectivity index is 2.48. The van der Waals surface area contributed by atoms with Gasteiger partial charge in [0.15, 0.2) is 5.82 Å². The van der Waals surface area contributed by atoms with Crippen molar-refractivity contribution in [2.45, 2.75) is 6.61 Å². The first kappa shape index (κ1) is 12.4. The fourth-order valence-electron chi connectivity index (χ4n) is 1.34. The normalized spacial score (nSPS) is 10.5. The smallest absolute Gasteiger partial charge is 0.181 e. The average molecular weight is 315 g/mol. The van der Waals surface area contributed by atoms with Gasteiger partial charge in [0.1, 0.15) is 10.8 Å². The zero-order valence-corrected chi connectivity index (χ0v) is 11.4. The molecule has 0 fully saturated rings. The van der Waals surface area contributed by atoms with Crippen molar-refractivity contribution in [3.8, 4) is 11.5 Å². The van der Waals surface area contributed by atoms with E-state index < -0.39 is 0 Å².